The minimum absolute atomic E-state index is 0.204. The lowest BCUT2D eigenvalue weighted by atomic mass is 10.1. The molecule has 1 aromatic heterocycles. The van der Waals surface area contributed by atoms with E-state index in [9.17, 15) is 9.59 Å². The van der Waals surface area contributed by atoms with Gasteiger partial charge in [-0.15, -0.1) is 0 Å². The Morgan fingerprint density at radius 1 is 0.925 bits per heavy atom. The number of rotatable bonds is 7. The van der Waals surface area contributed by atoms with Gasteiger partial charge in [0.15, 0.2) is 0 Å². The predicted molar refractivity (Wildman–Crippen MR) is 154 cm³/mol. The van der Waals surface area contributed by atoms with Gasteiger partial charge in [0.05, 0.1) is 0 Å². The predicted octanol–water partition coefficient (Wildman–Crippen LogP) is 4.56. The van der Waals surface area contributed by atoms with Crippen molar-refractivity contribution in [2.24, 2.45) is 0 Å². The monoisotopic (exact) mass is 549 g/mol. The molecule has 0 spiro atoms. The standard InChI is InChI=1S/C31H43N5O4/c1-31(2,3)40-30(38)35-21-27-11-12-28(22-35)36(27)26-13-14-32-25(20-26)10-7-15-33-16-18-34(19-17-33)29(37)39-23-24-8-5-4-6-9-24/h4-6,8-9,13-14,20,27-28H,7,10-12,15-19,21-23H2,1-3H3. The van der Waals surface area contributed by atoms with Crippen molar-refractivity contribution in [2.75, 3.05) is 50.7 Å². The quantitative estimate of drug-likeness (QED) is 0.501. The smallest absolute Gasteiger partial charge is 0.410 e. The molecule has 3 fully saturated rings. The Kier molecular flexibility index (Phi) is 8.78. The van der Waals surface area contributed by atoms with Crippen LogP contribution in [0, 0.1) is 0 Å². The minimum Gasteiger partial charge on any atom is -0.445 e. The number of anilines is 1. The summed E-state index contributed by atoms with van der Waals surface area (Å²) < 4.78 is 11.1. The maximum absolute atomic E-state index is 12.7. The van der Waals surface area contributed by atoms with Crippen molar-refractivity contribution in [3.8, 4) is 0 Å². The van der Waals surface area contributed by atoms with Crippen LogP contribution in [0.5, 0.6) is 0 Å². The normalized spacial score (nSPS) is 21.4. The van der Waals surface area contributed by atoms with Gasteiger partial charge in [-0.25, -0.2) is 9.59 Å². The fourth-order valence-corrected chi connectivity index (χ4v) is 6.01. The van der Waals surface area contributed by atoms with Crippen LogP contribution in [-0.4, -0.2) is 95.4 Å². The highest BCUT2D eigenvalue weighted by atomic mass is 16.6. The van der Waals surface area contributed by atoms with Crippen LogP contribution in [-0.2, 0) is 22.5 Å². The Balaban J connectivity index is 1.05. The number of nitrogens with zero attached hydrogens (tertiary/aromatic N) is 5. The number of carbonyl (C=O) groups is 2. The van der Waals surface area contributed by atoms with E-state index in [2.05, 4.69) is 26.9 Å². The summed E-state index contributed by atoms with van der Waals surface area (Å²) >= 11 is 0. The van der Waals surface area contributed by atoms with Crippen LogP contribution in [0.1, 0.15) is 51.3 Å². The second kappa shape index (κ2) is 12.5. The molecule has 2 amide bonds. The van der Waals surface area contributed by atoms with Gasteiger partial charge in [0.1, 0.15) is 12.2 Å². The number of ether oxygens (including phenoxy) is 2. The molecule has 9 nitrogen and oxygen atoms in total. The van der Waals surface area contributed by atoms with E-state index >= 15 is 0 Å². The summed E-state index contributed by atoms with van der Waals surface area (Å²) in [7, 11) is 0. The van der Waals surface area contributed by atoms with Crippen LogP contribution >= 0.6 is 0 Å². The lowest BCUT2D eigenvalue weighted by Crippen LogP contribution is -2.56. The molecule has 9 heteroatoms. The number of fused-ring (bicyclic) bond motifs is 2. The molecule has 3 aliphatic rings. The molecule has 3 aliphatic heterocycles. The highest BCUT2D eigenvalue weighted by molar-refractivity contribution is 5.69. The largest absolute Gasteiger partial charge is 0.445 e. The summed E-state index contributed by atoms with van der Waals surface area (Å²) in [5.74, 6) is 0. The first-order valence-corrected chi connectivity index (χ1v) is 14.6. The van der Waals surface area contributed by atoms with Crippen molar-refractivity contribution >= 4 is 17.9 Å². The van der Waals surface area contributed by atoms with E-state index in [0.717, 1.165) is 56.6 Å². The fourth-order valence-electron chi connectivity index (χ4n) is 6.01. The zero-order chi connectivity index (χ0) is 28.1. The summed E-state index contributed by atoms with van der Waals surface area (Å²) in [6, 6.07) is 14.8. The third-order valence-electron chi connectivity index (χ3n) is 7.98. The first-order chi connectivity index (χ1) is 19.2. The molecule has 2 bridgehead atoms. The first-order valence-electron chi connectivity index (χ1n) is 14.6. The number of hydrogen-bond donors (Lipinski definition) is 0. The molecular weight excluding hydrogens is 506 g/mol. The average Bonchev–Trinajstić information content (AvgIpc) is 3.20. The van der Waals surface area contributed by atoms with Crippen molar-refractivity contribution in [1.29, 1.82) is 0 Å². The van der Waals surface area contributed by atoms with Crippen LogP contribution in [0.25, 0.3) is 0 Å². The third-order valence-corrected chi connectivity index (χ3v) is 7.98. The summed E-state index contributed by atoms with van der Waals surface area (Å²) in [6.45, 7) is 11.6. The van der Waals surface area contributed by atoms with Gasteiger partial charge in [0.25, 0.3) is 0 Å². The van der Waals surface area contributed by atoms with Crippen LogP contribution in [0.4, 0.5) is 15.3 Å². The van der Waals surface area contributed by atoms with Crippen molar-refractivity contribution in [2.45, 2.75) is 70.7 Å². The molecule has 40 heavy (non-hydrogen) atoms. The van der Waals surface area contributed by atoms with Gasteiger partial charge in [0, 0.05) is 68.9 Å². The van der Waals surface area contributed by atoms with Crippen LogP contribution in [0.15, 0.2) is 48.7 Å². The summed E-state index contributed by atoms with van der Waals surface area (Å²) in [5.41, 5.74) is 2.84. The van der Waals surface area contributed by atoms with E-state index in [0.29, 0.717) is 44.9 Å². The van der Waals surface area contributed by atoms with Crippen molar-refractivity contribution in [3.05, 3.63) is 59.9 Å². The van der Waals surface area contributed by atoms with Gasteiger partial charge >= 0.3 is 12.2 Å². The van der Waals surface area contributed by atoms with E-state index in [-0.39, 0.29) is 12.2 Å². The number of piperazine rings is 2. The second-order valence-electron chi connectivity index (χ2n) is 12.2. The van der Waals surface area contributed by atoms with Gasteiger partial charge in [0.2, 0.25) is 0 Å². The van der Waals surface area contributed by atoms with Gasteiger partial charge in [-0.1, -0.05) is 30.3 Å². The van der Waals surface area contributed by atoms with E-state index in [4.69, 9.17) is 9.47 Å². The Morgan fingerprint density at radius 3 is 2.30 bits per heavy atom. The van der Waals surface area contributed by atoms with E-state index < -0.39 is 5.60 Å². The van der Waals surface area contributed by atoms with Gasteiger partial charge in [-0.3, -0.25) is 9.88 Å². The highest BCUT2D eigenvalue weighted by Gasteiger charge is 2.42. The topological polar surface area (TPSA) is 78.5 Å². The molecule has 216 valence electrons. The number of aromatic nitrogens is 1. The Morgan fingerprint density at radius 2 is 1.62 bits per heavy atom. The maximum atomic E-state index is 12.7. The van der Waals surface area contributed by atoms with Crippen LogP contribution in [0.2, 0.25) is 0 Å². The first kappa shape index (κ1) is 28.2. The number of hydrogen-bond acceptors (Lipinski definition) is 7. The molecule has 1 aromatic carbocycles. The number of likely N-dealkylation sites (tertiary alicyclic amines) is 1. The number of amides is 2. The van der Waals surface area contributed by atoms with E-state index in [1.54, 1.807) is 4.90 Å². The Bertz CT molecular complexity index is 1130. The molecule has 0 radical (unpaired) electrons. The number of aryl methyl sites for hydroxylation is 1. The number of benzene rings is 1. The minimum atomic E-state index is -0.477. The van der Waals surface area contributed by atoms with Crippen LogP contribution < -0.4 is 4.90 Å². The zero-order valence-electron chi connectivity index (χ0n) is 24.1. The lowest BCUT2D eigenvalue weighted by Gasteiger charge is -2.42. The summed E-state index contributed by atoms with van der Waals surface area (Å²) in [4.78, 5) is 38.4. The SMILES string of the molecule is CC(C)(C)OC(=O)N1CC2CCC(C1)N2c1ccnc(CCCN2CCN(C(=O)OCc3ccccc3)CC2)c1. The van der Waals surface area contributed by atoms with Crippen molar-refractivity contribution in [3.63, 3.8) is 0 Å². The highest BCUT2D eigenvalue weighted by Crippen LogP contribution is 2.35. The third kappa shape index (κ3) is 7.24. The Labute approximate surface area is 238 Å². The molecule has 2 atom stereocenters. The zero-order valence-corrected chi connectivity index (χ0v) is 24.1. The number of pyridine rings is 1. The van der Waals surface area contributed by atoms with Gasteiger partial charge < -0.3 is 24.2 Å². The molecule has 2 aromatic rings. The van der Waals surface area contributed by atoms with Crippen LogP contribution in [0.3, 0.4) is 0 Å². The fraction of sp³-hybridized carbons (Fsp3) is 0.581. The molecule has 2 unspecified atom stereocenters. The Hall–Kier alpha value is -3.33. The molecule has 0 aliphatic carbocycles. The summed E-state index contributed by atoms with van der Waals surface area (Å²) in [5, 5.41) is 0. The molecular formula is C31H43N5O4. The molecule has 5 rings (SSSR count). The van der Waals surface area contributed by atoms with E-state index in [1.165, 1.54) is 5.69 Å². The molecule has 4 heterocycles. The van der Waals surface area contributed by atoms with Crippen molar-refractivity contribution < 1.29 is 19.1 Å². The van der Waals surface area contributed by atoms with Gasteiger partial charge in [-0.05, 0) is 70.7 Å². The average molecular weight is 550 g/mol. The van der Waals surface area contributed by atoms with Gasteiger partial charge in [-0.2, -0.15) is 0 Å². The number of carbonyl (C=O) groups excluding carboxylic acids is 2. The molecule has 3 saturated heterocycles. The molecule has 0 N–H and O–H groups in total. The van der Waals surface area contributed by atoms with E-state index in [1.807, 2.05) is 62.2 Å². The van der Waals surface area contributed by atoms with Crippen molar-refractivity contribution in [1.82, 2.24) is 19.7 Å². The molecule has 0 saturated carbocycles. The lowest BCUT2D eigenvalue weighted by molar-refractivity contribution is 0.0209. The summed E-state index contributed by atoms with van der Waals surface area (Å²) in [6.07, 6.45) is 5.61. The second-order valence-corrected chi connectivity index (χ2v) is 12.2. The maximum Gasteiger partial charge on any atom is 0.410 e.